The summed E-state index contributed by atoms with van der Waals surface area (Å²) < 4.78 is 35.7. The van der Waals surface area contributed by atoms with E-state index in [9.17, 15) is 18.0 Å². The molecule has 0 aromatic carbocycles. The summed E-state index contributed by atoms with van der Waals surface area (Å²) in [5.41, 5.74) is 4.67. The van der Waals surface area contributed by atoms with E-state index < -0.39 is 28.4 Å². The molecule has 0 fully saturated rings. The van der Waals surface area contributed by atoms with Gasteiger partial charge in [0.05, 0.1) is 13.7 Å². The van der Waals surface area contributed by atoms with Crippen molar-refractivity contribution in [1.82, 2.24) is 4.72 Å². The highest BCUT2D eigenvalue weighted by atomic mass is 32.2. The van der Waals surface area contributed by atoms with E-state index in [0.717, 1.165) is 7.11 Å². The second-order valence-corrected chi connectivity index (χ2v) is 5.40. The first-order valence-corrected chi connectivity index (χ1v) is 6.65. The summed E-state index contributed by atoms with van der Waals surface area (Å²) in [6.07, 6.45) is 0. The summed E-state index contributed by atoms with van der Waals surface area (Å²) in [7, 11) is -2.97. The summed E-state index contributed by atoms with van der Waals surface area (Å²) in [5.74, 6) is -1.55. The molecule has 1 aromatic heterocycles. The number of furan rings is 1. The maximum absolute atomic E-state index is 12.0. The van der Waals surface area contributed by atoms with Gasteiger partial charge in [-0.15, -0.1) is 0 Å². The van der Waals surface area contributed by atoms with E-state index in [1.807, 2.05) is 4.72 Å². The van der Waals surface area contributed by atoms with Crippen LogP contribution in [0.1, 0.15) is 21.9 Å². The zero-order valence-electron chi connectivity index (χ0n) is 10.6. The smallest absolute Gasteiger partial charge is 0.342 e. The number of methoxy groups -OCH3 is 1. The van der Waals surface area contributed by atoms with Crippen LogP contribution in [0.25, 0.3) is 0 Å². The highest BCUT2D eigenvalue weighted by Crippen LogP contribution is 2.26. The molecule has 3 N–H and O–H groups in total. The molecule has 0 atom stereocenters. The Labute approximate surface area is 110 Å². The monoisotopic (exact) mass is 290 g/mol. The Kier molecular flexibility index (Phi) is 4.32. The molecule has 106 valence electrons. The zero-order chi connectivity index (χ0) is 14.8. The minimum absolute atomic E-state index is 0.0230. The van der Waals surface area contributed by atoms with Gasteiger partial charge in [-0.25, -0.2) is 17.9 Å². The van der Waals surface area contributed by atoms with Crippen LogP contribution in [0, 0.1) is 13.8 Å². The molecule has 1 aromatic rings. The van der Waals surface area contributed by atoms with Crippen LogP contribution in [0.2, 0.25) is 0 Å². The van der Waals surface area contributed by atoms with Gasteiger partial charge in [-0.3, -0.25) is 4.79 Å². The van der Waals surface area contributed by atoms with E-state index >= 15 is 0 Å². The molecule has 0 aliphatic rings. The van der Waals surface area contributed by atoms with Gasteiger partial charge in [0.2, 0.25) is 15.9 Å². The van der Waals surface area contributed by atoms with Crippen LogP contribution in [0.5, 0.6) is 0 Å². The van der Waals surface area contributed by atoms with Crippen LogP contribution in [0.3, 0.4) is 0 Å². The van der Waals surface area contributed by atoms with Crippen molar-refractivity contribution >= 4 is 21.9 Å². The van der Waals surface area contributed by atoms with Gasteiger partial charge in [-0.1, -0.05) is 0 Å². The molecule has 19 heavy (non-hydrogen) atoms. The molecule has 0 saturated heterocycles. The molecule has 8 nitrogen and oxygen atoms in total. The van der Waals surface area contributed by atoms with Crippen molar-refractivity contribution in [3.8, 4) is 0 Å². The van der Waals surface area contributed by atoms with Crippen molar-refractivity contribution < 1.29 is 27.2 Å². The Hall–Kier alpha value is -1.87. The van der Waals surface area contributed by atoms with E-state index in [0.29, 0.717) is 0 Å². The number of ether oxygens (including phenoxy) is 1. The van der Waals surface area contributed by atoms with Crippen molar-refractivity contribution in [2.75, 3.05) is 13.7 Å². The Bertz CT molecular complexity index is 616. The number of hydrogen-bond acceptors (Lipinski definition) is 6. The zero-order valence-corrected chi connectivity index (χ0v) is 11.5. The molecule has 0 radical (unpaired) electrons. The molecule has 0 aliphatic heterocycles. The van der Waals surface area contributed by atoms with Crippen molar-refractivity contribution in [1.29, 1.82) is 0 Å². The fourth-order valence-corrected chi connectivity index (χ4v) is 2.96. The maximum Gasteiger partial charge on any atom is 0.342 e. The normalized spacial score (nSPS) is 11.3. The average Bonchev–Trinajstić information content (AvgIpc) is 2.61. The fourth-order valence-electron chi connectivity index (χ4n) is 1.56. The summed E-state index contributed by atoms with van der Waals surface area (Å²) in [6.45, 7) is 2.25. The van der Waals surface area contributed by atoms with Crippen molar-refractivity contribution in [2.24, 2.45) is 5.73 Å². The van der Waals surface area contributed by atoms with Crippen LogP contribution in [-0.4, -0.2) is 33.9 Å². The average molecular weight is 290 g/mol. The van der Waals surface area contributed by atoms with E-state index in [1.165, 1.54) is 13.8 Å². The first kappa shape index (κ1) is 15.2. The summed E-state index contributed by atoms with van der Waals surface area (Å²) >= 11 is 0. The van der Waals surface area contributed by atoms with E-state index in [4.69, 9.17) is 10.2 Å². The van der Waals surface area contributed by atoms with Crippen LogP contribution >= 0.6 is 0 Å². The molecule has 0 bridgehead atoms. The lowest BCUT2D eigenvalue weighted by Gasteiger charge is -2.06. The number of carbonyl (C=O) groups excluding carboxylic acids is 2. The predicted octanol–water partition coefficient (Wildman–Crippen LogP) is -0.553. The SMILES string of the molecule is COC(=O)c1c(C)oc(C)c1S(=O)(=O)NCC(N)=O. The quantitative estimate of drug-likeness (QED) is 0.700. The molecule has 0 saturated carbocycles. The number of hydrogen-bond donors (Lipinski definition) is 2. The Morgan fingerprint density at radius 2 is 1.89 bits per heavy atom. The molecular weight excluding hydrogens is 276 g/mol. The van der Waals surface area contributed by atoms with Gasteiger partial charge in [0.15, 0.2) is 0 Å². The lowest BCUT2D eigenvalue weighted by atomic mass is 10.2. The predicted molar refractivity (Wildman–Crippen MR) is 63.9 cm³/mol. The van der Waals surface area contributed by atoms with Crippen molar-refractivity contribution in [3.63, 3.8) is 0 Å². The minimum atomic E-state index is -4.10. The Morgan fingerprint density at radius 3 is 2.37 bits per heavy atom. The van der Waals surface area contributed by atoms with Crippen LogP contribution in [0.4, 0.5) is 0 Å². The number of primary amides is 1. The summed E-state index contributed by atoms with van der Waals surface area (Å²) in [4.78, 5) is 21.9. The number of rotatable bonds is 5. The lowest BCUT2D eigenvalue weighted by Crippen LogP contribution is -2.34. The van der Waals surface area contributed by atoms with Crippen LogP contribution in [0.15, 0.2) is 9.31 Å². The second kappa shape index (κ2) is 5.41. The van der Waals surface area contributed by atoms with Gasteiger partial charge in [0.25, 0.3) is 0 Å². The number of sulfonamides is 1. The Balaban J connectivity index is 3.33. The van der Waals surface area contributed by atoms with Gasteiger partial charge >= 0.3 is 5.97 Å². The first-order chi connectivity index (χ1) is 8.70. The molecule has 0 spiro atoms. The molecule has 1 heterocycles. The first-order valence-electron chi connectivity index (χ1n) is 5.17. The Morgan fingerprint density at radius 1 is 1.32 bits per heavy atom. The highest BCUT2D eigenvalue weighted by molar-refractivity contribution is 7.89. The van der Waals surface area contributed by atoms with Crippen LogP contribution < -0.4 is 10.5 Å². The second-order valence-electron chi connectivity index (χ2n) is 3.70. The molecule has 9 heteroatoms. The molecule has 0 unspecified atom stereocenters. The number of esters is 1. The van der Waals surface area contributed by atoms with E-state index in [1.54, 1.807) is 0 Å². The number of nitrogens with one attached hydrogen (secondary N) is 1. The summed E-state index contributed by atoms with van der Waals surface area (Å²) in [6, 6.07) is 0. The molecule has 1 amide bonds. The van der Waals surface area contributed by atoms with E-state index in [-0.39, 0.29) is 22.0 Å². The van der Waals surface area contributed by atoms with Crippen molar-refractivity contribution in [2.45, 2.75) is 18.7 Å². The van der Waals surface area contributed by atoms with Crippen molar-refractivity contribution in [3.05, 3.63) is 17.1 Å². The largest absolute Gasteiger partial charge is 0.465 e. The minimum Gasteiger partial charge on any atom is -0.465 e. The third-order valence-corrected chi connectivity index (χ3v) is 3.85. The number of aryl methyl sites for hydroxylation is 2. The molecule has 0 aliphatic carbocycles. The lowest BCUT2D eigenvalue weighted by molar-refractivity contribution is -0.116. The molecular formula is C10H14N2O6S. The highest BCUT2D eigenvalue weighted by Gasteiger charge is 2.31. The van der Waals surface area contributed by atoms with Gasteiger partial charge < -0.3 is 14.9 Å². The summed E-state index contributed by atoms with van der Waals surface area (Å²) in [5, 5.41) is 0. The van der Waals surface area contributed by atoms with Gasteiger partial charge in [-0.2, -0.15) is 0 Å². The fraction of sp³-hybridized carbons (Fsp3) is 0.400. The van der Waals surface area contributed by atoms with Gasteiger partial charge in [-0.05, 0) is 13.8 Å². The molecule has 1 rings (SSSR count). The number of carbonyl (C=O) groups is 2. The number of amides is 1. The third kappa shape index (κ3) is 3.12. The topological polar surface area (TPSA) is 129 Å². The van der Waals surface area contributed by atoms with Gasteiger partial charge in [0, 0.05) is 0 Å². The van der Waals surface area contributed by atoms with Gasteiger partial charge in [0.1, 0.15) is 22.0 Å². The maximum atomic E-state index is 12.0. The third-order valence-electron chi connectivity index (χ3n) is 2.30. The standard InChI is InChI=1S/C10H14N2O6S/c1-5-8(10(14)17-3)9(6(2)18-5)19(15,16)12-4-7(11)13/h12H,4H2,1-3H3,(H2,11,13). The van der Waals surface area contributed by atoms with E-state index in [2.05, 4.69) is 4.74 Å². The number of nitrogens with two attached hydrogens (primary N) is 1. The van der Waals surface area contributed by atoms with Crippen LogP contribution in [-0.2, 0) is 19.6 Å².